The summed E-state index contributed by atoms with van der Waals surface area (Å²) < 4.78 is 32.0. The molecular formula is C17H23N3O4S. The Morgan fingerprint density at radius 1 is 1.32 bits per heavy atom. The Kier molecular flexibility index (Phi) is 5.97. The van der Waals surface area contributed by atoms with E-state index in [-0.39, 0.29) is 16.8 Å². The molecule has 1 aromatic carbocycles. The van der Waals surface area contributed by atoms with Crippen LogP contribution in [0.25, 0.3) is 0 Å². The first-order valence-corrected chi connectivity index (χ1v) is 9.51. The third-order valence-electron chi connectivity index (χ3n) is 3.80. The van der Waals surface area contributed by atoms with Crippen LogP contribution in [-0.4, -0.2) is 37.5 Å². The van der Waals surface area contributed by atoms with E-state index in [1.165, 1.54) is 29.2 Å². The maximum atomic E-state index is 12.4. The molecule has 1 atom stereocenters. The maximum absolute atomic E-state index is 12.4. The van der Waals surface area contributed by atoms with Gasteiger partial charge in [-0.25, -0.2) is 13.1 Å². The van der Waals surface area contributed by atoms with Crippen LogP contribution >= 0.6 is 0 Å². The lowest BCUT2D eigenvalue weighted by Gasteiger charge is -2.16. The highest BCUT2D eigenvalue weighted by molar-refractivity contribution is 7.89. The third kappa shape index (κ3) is 4.90. The van der Waals surface area contributed by atoms with Crippen LogP contribution in [-0.2, 0) is 16.6 Å². The summed E-state index contributed by atoms with van der Waals surface area (Å²) in [5.41, 5.74) is 1.07. The number of amides is 1. The minimum Gasteiger partial charge on any atom is -0.361 e. The average Bonchev–Trinajstić information content (AvgIpc) is 2.98. The molecular weight excluding hydrogens is 342 g/mol. The zero-order valence-electron chi connectivity index (χ0n) is 14.8. The van der Waals surface area contributed by atoms with Crippen molar-refractivity contribution in [2.45, 2.75) is 44.7 Å². The molecule has 1 amide bonds. The fourth-order valence-electron chi connectivity index (χ4n) is 2.22. The van der Waals surface area contributed by atoms with Gasteiger partial charge in [-0.1, -0.05) is 12.1 Å². The Morgan fingerprint density at radius 2 is 1.96 bits per heavy atom. The number of nitrogens with zero attached hydrogens (tertiary/aromatic N) is 2. The molecule has 1 unspecified atom stereocenters. The molecule has 7 nitrogen and oxygen atoms in total. The van der Waals surface area contributed by atoms with E-state index in [9.17, 15) is 13.2 Å². The first-order valence-electron chi connectivity index (χ1n) is 8.03. The van der Waals surface area contributed by atoms with Crippen molar-refractivity contribution in [1.82, 2.24) is 14.8 Å². The summed E-state index contributed by atoms with van der Waals surface area (Å²) in [4.78, 5) is 14.1. The molecule has 0 aliphatic heterocycles. The monoisotopic (exact) mass is 365 g/mol. The molecule has 136 valence electrons. The van der Waals surface area contributed by atoms with Gasteiger partial charge in [-0.3, -0.25) is 4.79 Å². The van der Waals surface area contributed by atoms with Crippen LogP contribution in [0.4, 0.5) is 0 Å². The molecule has 0 bridgehead atoms. The largest absolute Gasteiger partial charge is 0.361 e. The Labute approximate surface area is 148 Å². The van der Waals surface area contributed by atoms with Crippen molar-refractivity contribution in [2.24, 2.45) is 0 Å². The molecule has 2 rings (SSSR count). The Bertz CT molecular complexity index is 828. The van der Waals surface area contributed by atoms with Crippen LogP contribution in [0.2, 0.25) is 0 Å². The molecule has 0 spiro atoms. The number of nitrogens with one attached hydrogen (secondary N) is 1. The van der Waals surface area contributed by atoms with Crippen molar-refractivity contribution < 1.29 is 17.7 Å². The molecule has 0 saturated carbocycles. The number of hydrogen-bond donors (Lipinski definition) is 1. The van der Waals surface area contributed by atoms with Crippen molar-refractivity contribution in [3.63, 3.8) is 0 Å². The van der Waals surface area contributed by atoms with Crippen molar-refractivity contribution in [1.29, 1.82) is 0 Å². The van der Waals surface area contributed by atoms with Gasteiger partial charge in [0.25, 0.3) is 5.91 Å². The van der Waals surface area contributed by atoms with Crippen LogP contribution < -0.4 is 4.72 Å². The minimum absolute atomic E-state index is 0.138. The van der Waals surface area contributed by atoms with Crippen molar-refractivity contribution in [3.05, 3.63) is 47.3 Å². The first kappa shape index (κ1) is 19.1. The normalized spacial score (nSPS) is 12.8. The second-order valence-electron chi connectivity index (χ2n) is 6.05. The van der Waals surface area contributed by atoms with Crippen LogP contribution in [0, 0.1) is 6.92 Å². The predicted octanol–water partition coefficient (Wildman–Crippen LogP) is 2.33. The van der Waals surface area contributed by atoms with Gasteiger partial charge in [-0.05, 0) is 44.5 Å². The van der Waals surface area contributed by atoms with E-state index < -0.39 is 10.0 Å². The van der Waals surface area contributed by atoms with Crippen molar-refractivity contribution in [2.75, 3.05) is 7.05 Å². The molecule has 0 aliphatic carbocycles. The second-order valence-corrected chi connectivity index (χ2v) is 7.76. The second kappa shape index (κ2) is 7.79. The summed E-state index contributed by atoms with van der Waals surface area (Å²) >= 11 is 0. The molecule has 1 aromatic heterocycles. The average molecular weight is 365 g/mol. The van der Waals surface area contributed by atoms with Crippen LogP contribution in [0.15, 0.2) is 39.8 Å². The zero-order chi connectivity index (χ0) is 18.6. The molecule has 25 heavy (non-hydrogen) atoms. The Morgan fingerprint density at radius 3 is 2.48 bits per heavy atom. The molecule has 8 heteroatoms. The highest BCUT2D eigenvalue weighted by Crippen LogP contribution is 2.14. The SMILES string of the molecule is CCC(C)NS(=O)(=O)c1ccc(C(=O)N(C)Cc2cc(C)on2)cc1. The minimum atomic E-state index is -3.58. The topological polar surface area (TPSA) is 92.5 Å². The van der Waals surface area contributed by atoms with Gasteiger partial charge in [0.1, 0.15) is 11.5 Å². The number of carbonyl (C=O) groups excluding carboxylic acids is 1. The molecule has 0 fully saturated rings. The smallest absolute Gasteiger partial charge is 0.253 e. The zero-order valence-corrected chi connectivity index (χ0v) is 15.6. The maximum Gasteiger partial charge on any atom is 0.253 e. The summed E-state index contributed by atoms with van der Waals surface area (Å²) in [5.74, 6) is 0.457. The molecule has 1 N–H and O–H groups in total. The van der Waals surface area contributed by atoms with E-state index in [2.05, 4.69) is 9.88 Å². The van der Waals surface area contributed by atoms with Crippen molar-refractivity contribution >= 4 is 15.9 Å². The number of sulfonamides is 1. The van der Waals surface area contributed by atoms with Gasteiger partial charge < -0.3 is 9.42 Å². The lowest BCUT2D eigenvalue weighted by Crippen LogP contribution is -2.32. The van der Waals surface area contributed by atoms with Gasteiger partial charge in [-0.2, -0.15) is 0 Å². The number of rotatable bonds is 7. The fourth-order valence-corrected chi connectivity index (χ4v) is 3.55. The lowest BCUT2D eigenvalue weighted by atomic mass is 10.2. The lowest BCUT2D eigenvalue weighted by molar-refractivity contribution is 0.0782. The first-order chi connectivity index (χ1) is 11.7. The highest BCUT2D eigenvalue weighted by atomic mass is 32.2. The fraction of sp³-hybridized carbons (Fsp3) is 0.412. The Hall–Kier alpha value is -2.19. The standard InChI is InChI=1S/C17H23N3O4S/c1-5-12(2)19-25(22,23)16-8-6-14(7-9-16)17(21)20(4)11-15-10-13(3)24-18-15/h6-10,12,19H,5,11H2,1-4H3. The number of carbonyl (C=O) groups is 1. The molecule has 0 aliphatic rings. The van der Waals surface area contributed by atoms with E-state index in [1.54, 1.807) is 27.0 Å². The summed E-state index contributed by atoms with van der Waals surface area (Å²) in [7, 11) is -1.92. The van der Waals surface area contributed by atoms with Crippen LogP contribution in [0.3, 0.4) is 0 Å². The van der Waals surface area contributed by atoms with E-state index >= 15 is 0 Å². The van der Waals surface area contributed by atoms with E-state index in [0.717, 1.165) is 0 Å². The number of aryl methyl sites for hydroxylation is 1. The van der Waals surface area contributed by atoms with Gasteiger partial charge >= 0.3 is 0 Å². The summed E-state index contributed by atoms with van der Waals surface area (Å²) in [6, 6.07) is 7.51. The quantitative estimate of drug-likeness (QED) is 0.813. The van der Waals surface area contributed by atoms with Crippen LogP contribution in [0.5, 0.6) is 0 Å². The summed E-state index contributed by atoms with van der Waals surface area (Å²) in [6.07, 6.45) is 0.697. The van der Waals surface area contributed by atoms with Gasteiger partial charge in [0, 0.05) is 24.7 Å². The van der Waals surface area contributed by atoms with Crippen LogP contribution in [0.1, 0.15) is 42.1 Å². The highest BCUT2D eigenvalue weighted by Gasteiger charge is 2.18. The van der Waals surface area contributed by atoms with Gasteiger partial charge in [0.15, 0.2) is 0 Å². The van der Waals surface area contributed by atoms with Gasteiger partial charge in [0.05, 0.1) is 11.4 Å². The van der Waals surface area contributed by atoms with E-state index in [0.29, 0.717) is 30.0 Å². The summed E-state index contributed by atoms with van der Waals surface area (Å²) in [6.45, 7) is 5.80. The number of benzene rings is 1. The number of aromatic nitrogens is 1. The number of hydrogen-bond acceptors (Lipinski definition) is 5. The summed E-state index contributed by atoms with van der Waals surface area (Å²) in [5, 5.41) is 3.86. The van der Waals surface area contributed by atoms with E-state index in [1.807, 2.05) is 6.92 Å². The van der Waals surface area contributed by atoms with E-state index in [4.69, 9.17) is 4.52 Å². The predicted molar refractivity (Wildman–Crippen MR) is 93.6 cm³/mol. The van der Waals surface area contributed by atoms with Gasteiger partial charge in [0.2, 0.25) is 10.0 Å². The third-order valence-corrected chi connectivity index (χ3v) is 5.41. The van der Waals surface area contributed by atoms with Gasteiger partial charge in [-0.15, -0.1) is 0 Å². The molecule has 2 aromatic rings. The molecule has 0 radical (unpaired) electrons. The molecule has 1 heterocycles. The molecule has 0 saturated heterocycles. The van der Waals surface area contributed by atoms with Crippen molar-refractivity contribution in [3.8, 4) is 0 Å². The Balaban J connectivity index is 2.09.